The van der Waals surface area contributed by atoms with Crippen molar-refractivity contribution in [3.05, 3.63) is 46.9 Å². The number of nitrogens with one attached hydrogen (secondary N) is 3. The zero-order valence-corrected chi connectivity index (χ0v) is 17.9. The highest BCUT2D eigenvalue weighted by atomic mass is 32.2. The topological polar surface area (TPSA) is 118 Å². The number of anilines is 1. The summed E-state index contributed by atoms with van der Waals surface area (Å²) in [7, 11) is 1.67. The zero-order chi connectivity index (χ0) is 21.6. The van der Waals surface area contributed by atoms with Crippen LogP contribution in [0.2, 0.25) is 0 Å². The number of imide groups is 1. The minimum Gasteiger partial charge on any atom is -0.496 e. The van der Waals surface area contributed by atoms with Gasteiger partial charge in [-0.2, -0.15) is 0 Å². The van der Waals surface area contributed by atoms with Crippen molar-refractivity contribution in [2.24, 2.45) is 0 Å². The van der Waals surface area contributed by atoms with E-state index in [1.54, 1.807) is 31.6 Å². The summed E-state index contributed by atoms with van der Waals surface area (Å²) < 4.78 is 5.38. The first-order chi connectivity index (χ1) is 15.1. The van der Waals surface area contributed by atoms with Crippen molar-refractivity contribution in [3.8, 4) is 5.75 Å². The Morgan fingerprint density at radius 2 is 2.00 bits per heavy atom. The van der Waals surface area contributed by atoms with Crippen LogP contribution in [0.4, 0.5) is 10.7 Å². The van der Waals surface area contributed by atoms with Crippen molar-refractivity contribution in [1.29, 1.82) is 0 Å². The molecule has 0 bridgehead atoms. The van der Waals surface area contributed by atoms with Gasteiger partial charge in [-0.1, -0.05) is 0 Å². The molecule has 162 valence electrons. The predicted octanol–water partition coefficient (Wildman–Crippen LogP) is 2.72. The van der Waals surface area contributed by atoms with Crippen molar-refractivity contribution >= 4 is 34.9 Å². The minimum absolute atomic E-state index is 0.291. The molecule has 0 aromatic carbocycles. The van der Waals surface area contributed by atoms with Crippen LogP contribution in [0.3, 0.4) is 0 Å². The van der Waals surface area contributed by atoms with Gasteiger partial charge in [-0.25, -0.2) is 9.97 Å². The fourth-order valence-electron chi connectivity index (χ4n) is 3.70. The highest BCUT2D eigenvalue weighted by Gasteiger charge is 2.25. The van der Waals surface area contributed by atoms with E-state index in [2.05, 4.69) is 30.9 Å². The molecule has 3 N–H and O–H groups in total. The van der Waals surface area contributed by atoms with Gasteiger partial charge in [0.25, 0.3) is 11.1 Å². The molecule has 2 fully saturated rings. The van der Waals surface area contributed by atoms with Gasteiger partial charge in [-0.15, -0.1) is 0 Å². The summed E-state index contributed by atoms with van der Waals surface area (Å²) in [6, 6.07) is 4.31. The number of hydrogen-bond donors (Lipinski definition) is 3. The van der Waals surface area contributed by atoms with E-state index in [9.17, 15) is 9.59 Å². The van der Waals surface area contributed by atoms with Gasteiger partial charge in [0.15, 0.2) is 0 Å². The summed E-state index contributed by atoms with van der Waals surface area (Å²) in [5, 5.41) is 8.87. The summed E-state index contributed by atoms with van der Waals surface area (Å²) in [6.45, 7) is 0.730. The molecule has 0 radical (unpaired) electrons. The number of carbonyl (C=O) groups is 2. The van der Waals surface area contributed by atoms with Gasteiger partial charge in [0.1, 0.15) is 5.75 Å². The fraction of sp³-hybridized carbons (Fsp3) is 0.381. The van der Waals surface area contributed by atoms with E-state index in [-0.39, 0.29) is 5.24 Å². The third-order valence-electron chi connectivity index (χ3n) is 5.32. The van der Waals surface area contributed by atoms with Gasteiger partial charge in [0.2, 0.25) is 5.95 Å². The van der Waals surface area contributed by atoms with Crippen molar-refractivity contribution < 1.29 is 14.3 Å². The van der Waals surface area contributed by atoms with Gasteiger partial charge in [0, 0.05) is 42.8 Å². The molecule has 1 aliphatic heterocycles. The molecular formula is C21H24N6O3S. The molecule has 2 aliphatic rings. The van der Waals surface area contributed by atoms with E-state index < -0.39 is 5.91 Å². The maximum Gasteiger partial charge on any atom is 0.290 e. The highest BCUT2D eigenvalue weighted by Crippen LogP contribution is 2.26. The second kappa shape index (κ2) is 9.88. The Morgan fingerprint density at radius 3 is 2.74 bits per heavy atom. The Labute approximate surface area is 184 Å². The number of thioether (sulfide) groups is 1. The Kier molecular flexibility index (Phi) is 6.78. The van der Waals surface area contributed by atoms with Crippen LogP contribution in [-0.4, -0.2) is 45.3 Å². The highest BCUT2D eigenvalue weighted by molar-refractivity contribution is 8.18. The van der Waals surface area contributed by atoms with Crippen molar-refractivity contribution in [2.45, 2.75) is 44.3 Å². The van der Waals surface area contributed by atoms with Gasteiger partial charge in [0.05, 0.1) is 17.7 Å². The Morgan fingerprint density at radius 1 is 1.19 bits per heavy atom. The van der Waals surface area contributed by atoms with Gasteiger partial charge in [-0.3, -0.25) is 19.9 Å². The first kappa shape index (κ1) is 21.3. The van der Waals surface area contributed by atoms with Crippen LogP contribution in [-0.2, 0) is 11.3 Å². The van der Waals surface area contributed by atoms with Crippen LogP contribution in [0.5, 0.6) is 5.75 Å². The number of methoxy groups -OCH3 is 1. The number of aromatic nitrogens is 3. The molecule has 1 saturated heterocycles. The summed E-state index contributed by atoms with van der Waals surface area (Å²) in [5.41, 5.74) is 1.64. The molecule has 2 aromatic heterocycles. The van der Waals surface area contributed by atoms with E-state index in [4.69, 9.17) is 4.74 Å². The molecule has 2 amide bonds. The molecule has 31 heavy (non-hydrogen) atoms. The van der Waals surface area contributed by atoms with Crippen LogP contribution in [0.25, 0.3) is 6.08 Å². The van der Waals surface area contributed by atoms with Crippen LogP contribution >= 0.6 is 11.8 Å². The number of ether oxygens (including phenoxy) is 1. The van der Waals surface area contributed by atoms with Crippen LogP contribution in [0, 0.1) is 0 Å². The smallest absolute Gasteiger partial charge is 0.290 e. The molecule has 1 aliphatic carbocycles. The summed E-state index contributed by atoms with van der Waals surface area (Å²) >= 11 is 0.877. The lowest BCUT2D eigenvalue weighted by Crippen LogP contribution is -2.37. The lowest BCUT2D eigenvalue weighted by atomic mass is 9.91. The number of pyridine rings is 1. The third kappa shape index (κ3) is 5.59. The van der Waals surface area contributed by atoms with Gasteiger partial charge >= 0.3 is 0 Å². The molecule has 1 saturated carbocycles. The Balaban J connectivity index is 1.28. The van der Waals surface area contributed by atoms with Crippen LogP contribution in [0.15, 0.2) is 35.6 Å². The first-order valence-corrected chi connectivity index (χ1v) is 11.0. The molecule has 0 atom stereocenters. The lowest BCUT2D eigenvalue weighted by molar-refractivity contribution is -0.115. The van der Waals surface area contributed by atoms with E-state index in [0.29, 0.717) is 28.6 Å². The van der Waals surface area contributed by atoms with E-state index >= 15 is 0 Å². The number of amides is 2. The maximum absolute atomic E-state index is 11.7. The summed E-state index contributed by atoms with van der Waals surface area (Å²) in [6.07, 6.45) is 10.9. The van der Waals surface area contributed by atoms with Gasteiger partial charge in [-0.05, 0) is 55.7 Å². The first-order valence-electron chi connectivity index (χ1n) is 10.2. The molecular weight excluding hydrogens is 416 g/mol. The number of carbonyl (C=O) groups excluding carboxylic acids is 2. The quantitative estimate of drug-likeness (QED) is 0.558. The van der Waals surface area contributed by atoms with Gasteiger partial charge < -0.3 is 15.4 Å². The second-order valence-corrected chi connectivity index (χ2v) is 8.43. The average Bonchev–Trinajstić information content (AvgIpc) is 3.10. The predicted molar refractivity (Wildman–Crippen MR) is 118 cm³/mol. The molecule has 9 nitrogen and oxygen atoms in total. The molecule has 2 aromatic rings. The van der Waals surface area contributed by atoms with E-state index in [1.807, 2.05) is 12.3 Å². The fourth-order valence-corrected chi connectivity index (χ4v) is 4.37. The Bertz CT molecular complexity index is 991. The second-order valence-electron chi connectivity index (χ2n) is 7.42. The van der Waals surface area contributed by atoms with Crippen molar-refractivity contribution in [3.63, 3.8) is 0 Å². The number of nitrogens with zero attached hydrogens (tertiary/aromatic N) is 3. The molecule has 3 heterocycles. The van der Waals surface area contributed by atoms with E-state index in [1.165, 1.54) is 0 Å². The summed E-state index contributed by atoms with van der Waals surface area (Å²) in [5.74, 6) is 0.987. The normalized spacial score (nSPS) is 22.4. The monoisotopic (exact) mass is 440 g/mol. The van der Waals surface area contributed by atoms with E-state index in [0.717, 1.165) is 55.3 Å². The SMILES string of the molecule is COc1ccncc1CNC1CCC(Nc2nccc(/C=C3\SC(=O)NC3=O)n2)CC1. The lowest BCUT2D eigenvalue weighted by Gasteiger charge is -2.30. The minimum atomic E-state index is -0.391. The van der Waals surface area contributed by atoms with Crippen molar-refractivity contribution in [2.75, 3.05) is 12.4 Å². The average molecular weight is 441 g/mol. The van der Waals surface area contributed by atoms with Crippen LogP contribution < -0.4 is 20.7 Å². The third-order valence-corrected chi connectivity index (χ3v) is 6.13. The molecule has 4 rings (SSSR count). The van der Waals surface area contributed by atoms with Crippen LogP contribution in [0.1, 0.15) is 36.9 Å². The van der Waals surface area contributed by atoms with Crippen molar-refractivity contribution in [1.82, 2.24) is 25.6 Å². The molecule has 0 spiro atoms. The largest absolute Gasteiger partial charge is 0.496 e. The standard InChI is InChI=1S/C21H24N6O3S/c1-30-17-7-8-22-11-13(17)12-24-14-2-4-15(5-3-14)25-20-23-9-6-16(26-20)10-18-19(28)27-21(29)31-18/h6-11,14-15,24H,2-5,12H2,1H3,(H,23,25,26)(H,27,28,29)/b18-10-. The molecule has 0 unspecified atom stereocenters. The zero-order valence-electron chi connectivity index (χ0n) is 17.1. The number of hydrogen-bond acceptors (Lipinski definition) is 9. The molecule has 10 heteroatoms. The summed E-state index contributed by atoms with van der Waals surface area (Å²) in [4.78, 5) is 36.3. The maximum atomic E-state index is 11.7. The Hall–Kier alpha value is -2.98. The number of rotatable bonds is 7.